The SMILES string of the molecule is CC1CC(C(F)(F)F)C(C(C)(C)C)CC1C(C)(C)C. The third kappa shape index (κ3) is 3.88. The maximum atomic E-state index is 13.3. The first kappa shape index (κ1) is 16.8. The van der Waals surface area contributed by atoms with E-state index >= 15 is 0 Å². The Balaban J connectivity index is 3.07. The zero-order chi connectivity index (χ0) is 15.2. The molecule has 1 rings (SSSR count). The van der Waals surface area contributed by atoms with Gasteiger partial charge in [-0.3, -0.25) is 0 Å². The third-order valence-corrected chi connectivity index (χ3v) is 4.95. The topological polar surface area (TPSA) is 0 Å². The van der Waals surface area contributed by atoms with Gasteiger partial charge in [0.2, 0.25) is 0 Å². The summed E-state index contributed by atoms with van der Waals surface area (Å²) in [7, 11) is 0. The molecule has 0 nitrogen and oxygen atoms in total. The van der Waals surface area contributed by atoms with Crippen LogP contribution in [0.5, 0.6) is 0 Å². The first-order chi connectivity index (χ1) is 8.24. The molecule has 0 spiro atoms. The Kier molecular flexibility index (Phi) is 4.40. The van der Waals surface area contributed by atoms with Crippen LogP contribution in [0.25, 0.3) is 0 Å². The summed E-state index contributed by atoms with van der Waals surface area (Å²) in [6, 6.07) is 0. The molecule has 0 heterocycles. The van der Waals surface area contributed by atoms with Gasteiger partial charge in [-0.05, 0) is 41.4 Å². The monoisotopic (exact) mass is 278 g/mol. The molecule has 3 heteroatoms. The average Bonchev–Trinajstić information content (AvgIpc) is 2.11. The van der Waals surface area contributed by atoms with Crippen LogP contribution < -0.4 is 0 Å². The van der Waals surface area contributed by atoms with Crippen molar-refractivity contribution in [3.8, 4) is 0 Å². The van der Waals surface area contributed by atoms with Gasteiger partial charge >= 0.3 is 6.18 Å². The molecule has 0 aromatic heterocycles. The molecule has 0 saturated heterocycles. The molecule has 0 aromatic rings. The fourth-order valence-corrected chi connectivity index (χ4v) is 3.93. The van der Waals surface area contributed by atoms with Gasteiger partial charge in [0.1, 0.15) is 0 Å². The van der Waals surface area contributed by atoms with E-state index in [4.69, 9.17) is 0 Å². The first-order valence-corrected chi connectivity index (χ1v) is 7.31. The van der Waals surface area contributed by atoms with Crippen molar-refractivity contribution in [2.45, 2.75) is 67.5 Å². The molecular weight excluding hydrogens is 249 g/mol. The molecule has 114 valence electrons. The van der Waals surface area contributed by atoms with Crippen molar-refractivity contribution >= 4 is 0 Å². The van der Waals surface area contributed by atoms with E-state index in [1.165, 1.54) is 0 Å². The lowest BCUT2D eigenvalue weighted by Gasteiger charge is -2.50. The second-order valence-electron chi connectivity index (χ2n) is 8.54. The normalized spacial score (nSPS) is 34.4. The summed E-state index contributed by atoms with van der Waals surface area (Å²) in [5.74, 6) is -0.894. The zero-order valence-electron chi connectivity index (χ0n) is 13.4. The van der Waals surface area contributed by atoms with Gasteiger partial charge in [0.05, 0.1) is 5.92 Å². The van der Waals surface area contributed by atoms with Gasteiger partial charge in [-0.2, -0.15) is 13.2 Å². The Bertz CT molecular complexity index is 303. The molecule has 0 radical (unpaired) electrons. The Hall–Kier alpha value is -0.210. The van der Waals surface area contributed by atoms with Crippen LogP contribution in [-0.4, -0.2) is 6.18 Å². The average molecular weight is 278 g/mol. The van der Waals surface area contributed by atoms with Crippen molar-refractivity contribution in [2.75, 3.05) is 0 Å². The predicted molar refractivity (Wildman–Crippen MR) is 73.8 cm³/mol. The van der Waals surface area contributed by atoms with E-state index in [9.17, 15) is 13.2 Å². The zero-order valence-corrected chi connectivity index (χ0v) is 13.4. The van der Waals surface area contributed by atoms with Gasteiger partial charge in [-0.25, -0.2) is 0 Å². The highest BCUT2D eigenvalue weighted by Gasteiger charge is 2.53. The van der Waals surface area contributed by atoms with Crippen molar-refractivity contribution in [2.24, 2.45) is 34.5 Å². The molecule has 0 bridgehead atoms. The summed E-state index contributed by atoms with van der Waals surface area (Å²) in [5.41, 5.74) is -0.205. The lowest BCUT2D eigenvalue weighted by atomic mass is 9.56. The van der Waals surface area contributed by atoms with Crippen LogP contribution in [0.4, 0.5) is 13.2 Å². The first-order valence-electron chi connectivity index (χ1n) is 7.31. The Morgan fingerprint density at radius 3 is 1.42 bits per heavy atom. The Morgan fingerprint density at radius 1 is 0.684 bits per heavy atom. The highest BCUT2D eigenvalue weighted by molar-refractivity contribution is 4.95. The van der Waals surface area contributed by atoms with Crippen LogP contribution in [-0.2, 0) is 0 Å². The summed E-state index contributed by atoms with van der Waals surface area (Å²) in [4.78, 5) is 0. The molecule has 1 aliphatic rings. The lowest BCUT2D eigenvalue weighted by Crippen LogP contribution is -2.46. The molecule has 4 unspecified atom stereocenters. The van der Waals surface area contributed by atoms with Crippen LogP contribution in [0, 0.1) is 34.5 Å². The van der Waals surface area contributed by atoms with Crippen LogP contribution in [0.1, 0.15) is 61.3 Å². The molecule has 1 aliphatic carbocycles. The Morgan fingerprint density at radius 2 is 1.11 bits per heavy atom. The number of hydrogen-bond acceptors (Lipinski definition) is 0. The molecule has 0 aromatic carbocycles. The van der Waals surface area contributed by atoms with E-state index in [0.29, 0.717) is 12.3 Å². The van der Waals surface area contributed by atoms with Crippen molar-refractivity contribution in [1.29, 1.82) is 0 Å². The number of halogens is 3. The smallest absolute Gasteiger partial charge is 0.171 e. The van der Waals surface area contributed by atoms with E-state index in [-0.39, 0.29) is 29.1 Å². The third-order valence-electron chi connectivity index (χ3n) is 4.95. The highest BCUT2D eigenvalue weighted by Crippen LogP contribution is 2.55. The highest BCUT2D eigenvalue weighted by atomic mass is 19.4. The van der Waals surface area contributed by atoms with Gasteiger partial charge in [-0.1, -0.05) is 48.5 Å². The van der Waals surface area contributed by atoms with E-state index in [1.54, 1.807) is 0 Å². The summed E-state index contributed by atoms with van der Waals surface area (Å²) in [5, 5.41) is 0. The van der Waals surface area contributed by atoms with Crippen molar-refractivity contribution < 1.29 is 13.2 Å². The summed E-state index contributed by atoms with van der Waals surface area (Å²) in [6.07, 6.45) is -3.08. The van der Waals surface area contributed by atoms with Crippen LogP contribution in [0.15, 0.2) is 0 Å². The second kappa shape index (κ2) is 4.96. The fourth-order valence-electron chi connectivity index (χ4n) is 3.93. The predicted octanol–water partition coefficient (Wildman–Crippen LogP) is 5.92. The van der Waals surface area contributed by atoms with Gasteiger partial charge in [0, 0.05) is 0 Å². The quantitative estimate of drug-likeness (QED) is 0.516. The molecule has 1 fully saturated rings. The Labute approximate surface area is 116 Å². The van der Waals surface area contributed by atoms with Gasteiger partial charge in [-0.15, -0.1) is 0 Å². The standard InChI is InChI=1S/C16H29F3/c1-10-8-13(16(17,18)19)12(15(5,6)7)9-11(10)14(2,3)4/h10-13H,8-9H2,1-7H3. The minimum absolute atomic E-state index is 0.0828. The molecule has 1 saturated carbocycles. The van der Waals surface area contributed by atoms with Crippen LogP contribution >= 0.6 is 0 Å². The summed E-state index contributed by atoms with van der Waals surface area (Å²) in [6.45, 7) is 14.3. The van der Waals surface area contributed by atoms with Gasteiger partial charge in [0.25, 0.3) is 0 Å². The fraction of sp³-hybridized carbons (Fsp3) is 1.00. The van der Waals surface area contributed by atoms with E-state index in [0.717, 1.165) is 0 Å². The molecular formula is C16H29F3. The summed E-state index contributed by atoms with van der Waals surface area (Å²) >= 11 is 0. The molecule has 4 atom stereocenters. The number of alkyl halides is 3. The van der Waals surface area contributed by atoms with Gasteiger partial charge < -0.3 is 0 Å². The minimum Gasteiger partial charge on any atom is -0.171 e. The van der Waals surface area contributed by atoms with E-state index < -0.39 is 12.1 Å². The number of rotatable bonds is 0. The molecule has 0 N–H and O–H groups in total. The van der Waals surface area contributed by atoms with Crippen LogP contribution in [0.3, 0.4) is 0 Å². The largest absolute Gasteiger partial charge is 0.392 e. The van der Waals surface area contributed by atoms with Gasteiger partial charge in [0.15, 0.2) is 0 Å². The summed E-state index contributed by atoms with van der Waals surface area (Å²) < 4.78 is 40.0. The van der Waals surface area contributed by atoms with Crippen LogP contribution in [0.2, 0.25) is 0 Å². The second-order valence-corrected chi connectivity index (χ2v) is 8.54. The van der Waals surface area contributed by atoms with Crippen molar-refractivity contribution in [3.63, 3.8) is 0 Å². The number of hydrogen-bond donors (Lipinski definition) is 0. The molecule has 0 amide bonds. The van der Waals surface area contributed by atoms with E-state index in [1.807, 2.05) is 27.7 Å². The maximum Gasteiger partial charge on any atom is 0.392 e. The molecule has 0 aliphatic heterocycles. The van der Waals surface area contributed by atoms with Crippen molar-refractivity contribution in [3.05, 3.63) is 0 Å². The lowest BCUT2D eigenvalue weighted by molar-refractivity contribution is -0.219. The minimum atomic E-state index is -4.06. The van der Waals surface area contributed by atoms with Crippen molar-refractivity contribution in [1.82, 2.24) is 0 Å². The molecule has 19 heavy (non-hydrogen) atoms. The maximum absolute atomic E-state index is 13.3. The van der Waals surface area contributed by atoms with E-state index in [2.05, 4.69) is 20.8 Å².